The van der Waals surface area contributed by atoms with Crippen molar-refractivity contribution in [3.8, 4) is 0 Å². The van der Waals surface area contributed by atoms with E-state index in [1.54, 1.807) is 19.1 Å². The Hall–Kier alpha value is -1.93. The van der Waals surface area contributed by atoms with Gasteiger partial charge in [0, 0.05) is 5.69 Å². The highest BCUT2D eigenvalue weighted by atomic mass is 19.4. The van der Waals surface area contributed by atoms with Gasteiger partial charge in [0.1, 0.15) is 0 Å². The predicted octanol–water partition coefficient (Wildman–Crippen LogP) is 3.61. The van der Waals surface area contributed by atoms with Crippen molar-refractivity contribution in [2.45, 2.75) is 25.3 Å². The van der Waals surface area contributed by atoms with E-state index in [4.69, 9.17) is 0 Å². The first-order valence-corrected chi connectivity index (χ1v) is 5.28. The molecule has 1 rings (SSSR count). The molecule has 3 nitrogen and oxygen atoms in total. The van der Waals surface area contributed by atoms with Gasteiger partial charge in [-0.25, -0.2) is 4.79 Å². The van der Waals surface area contributed by atoms with E-state index in [9.17, 15) is 31.1 Å². The van der Waals surface area contributed by atoms with E-state index in [1.165, 1.54) is 12.1 Å². The van der Waals surface area contributed by atoms with Crippen LogP contribution >= 0.6 is 0 Å². The van der Waals surface area contributed by atoms with Crippen molar-refractivity contribution >= 4 is 11.7 Å². The lowest BCUT2D eigenvalue weighted by molar-refractivity contribution is -0.255. The molecule has 0 unspecified atom stereocenters. The van der Waals surface area contributed by atoms with E-state index in [0.29, 0.717) is 5.56 Å². The summed E-state index contributed by atoms with van der Waals surface area (Å²) in [6, 6.07) is 0.476. The minimum atomic E-state index is -5.62. The Morgan fingerprint density at radius 3 is 2.00 bits per heavy atom. The molecule has 0 fully saturated rings. The van der Waals surface area contributed by atoms with Crippen molar-refractivity contribution in [3.63, 3.8) is 0 Å². The smallest absolute Gasteiger partial charge is 0.318 e. The molecule has 2 amide bonds. The SMILES string of the molecule is Cc1ccccc1NC(=O)NC(C(F)(F)F)C(F)(F)F. The minimum absolute atomic E-state index is 0.119. The monoisotopic (exact) mass is 300 g/mol. The molecule has 0 aliphatic heterocycles. The van der Waals surface area contributed by atoms with Crippen LogP contribution in [0, 0.1) is 6.92 Å². The fraction of sp³-hybridized carbons (Fsp3) is 0.364. The Bertz CT molecular complexity index is 469. The van der Waals surface area contributed by atoms with Crippen LogP contribution in [0.4, 0.5) is 36.8 Å². The summed E-state index contributed by atoms with van der Waals surface area (Å²) < 4.78 is 73.4. The van der Waals surface area contributed by atoms with Crippen LogP contribution < -0.4 is 10.6 Å². The van der Waals surface area contributed by atoms with E-state index in [2.05, 4.69) is 0 Å². The lowest BCUT2D eigenvalue weighted by Crippen LogP contribution is -2.55. The van der Waals surface area contributed by atoms with Crippen molar-refractivity contribution < 1.29 is 31.1 Å². The summed E-state index contributed by atoms with van der Waals surface area (Å²) in [5, 5.41) is 2.81. The fourth-order valence-electron chi connectivity index (χ4n) is 1.35. The van der Waals surface area contributed by atoms with Crippen LogP contribution in [0.2, 0.25) is 0 Å². The maximum Gasteiger partial charge on any atom is 0.417 e. The molecule has 0 atom stereocenters. The first-order chi connectivity index (χ1) is 9.01. The minimum Gasteiger partial charge on any atom is -0.318 e. The van der Waals surface area contributed by atoms with Crippen LogP contribution in [0.5, 0.6) is 0 Å². The van der Waals surface area contributed by atoms with Gasteiger partial charge < -0.3 is 10.6 Å². The summed E-state index contributed by atoms with van der Waals surface area (Å²) in [6.45, 7) is 1.54. The third-order valence-electron chi connectivity index (χ3n) is 2.32. The summed E-state index contributed by atoms with van der Waals surface area (Å²) in [5.41, 5.74) is 0.617. The molecular formula is C11H10F6N2O. The van der Waals surface area contributed by atoms with Gasteiger partial charge in [-0.05, 0) is 18.6 Å². The number of amides is 2. The number of aryl methyl sites for hydroxylation is 1. The van der Waals surface area contributed by atoms with Crippen LogP contribution in [0.25, 0.3) is 0 Å². The maximum atomic E-state index is 12.2. The molecule has 0 aromatic heterocycles. The number of benzene rings is 1. The first kappa shape index (κ1) is 16.1. The van der Waals surface area contributed by atoms with Crippen molar-refractivity contribution in [2.24, 2.45) is 0 Å². The van der Waals surface area contributed by atoms with Gasteiger partial charge in [0.2, 0.25) is 6.04 Å². The zero-order chi connectivity index (χ0) is 15.6. The maximum absolute atomic E-state index is 12.2. The third kappa shape index (κ3) is 4.32. The molecule has 0 heterocycles. The van der Waals surface area contributed by atoms with Gasteiger partial charge in [-0.1, -0.05) is 18.2 Å². The summed E-state index contributed by atoms with van der Waals surface area (Å²) in [6.07, 6.45) is -11.2. The Balaban J connectivity index is 2.81. The number of halogens is 6. The molecular weight excluding hydrogens is 290 g/mol. The second kappa shape index (κ2) is 5.59. The normalized spacial score (nSPS) is 12.4. The van der Waals surface area contributed by atoms with Gasteiger partial charge in [-0.15, -0.1) is 0 Å². The van der Waals surface area contributed by atoms with Gasteiger partial charge in [0.25, 0.3) is 0 Å². The fourth-order valence-corrected chi connectivity index (χ4v) is 1.35. The molecule has 0 radical (unpaired) electrons. The Labute approximate surface area is 110 Å². The van der Waals surface area contributed by atoms with Crippen molar-refractivity contribution in [2.75, 3.05) is 5.32 Å². The lowest BCUT2D eigenvalue weighted by atomic mass is 10.2. The largest absolute Gasteiger partial charge is 0.417 e. The molecule has 0 saturated carbocycles. The average molecular weight is 300 g/mol. The highest BCUT2D eigenvalue weighted by Gasteiger charge is 2.57. The van der Waals surface area contributed by atoms with Crippen LogP contribution in [0.1, 0.15) is 5.56 Å². The van der Waals surface area contributed by atoms with Crippen molar-refractivity contribution in [3.05, 3.63) is 29.8 Å². The van der Waals surface area contributed by atoms with Crippen LogP contribution in [0.3, 0.4) is 0 Å². The average Bonchev–Trinajstić information content (AvgIpc) is 2.26. The molecule has 1 aromatic carbocycles. The van der Waals surface area contributed by atoms with E-state index in [0.717, 1.165) is 5.32 Å². The first-order valence-electron chi connectivity index (χ1n) is 5.28. The van der Waals surface area contributed by atoms with Gasteiger partial charge in [0.05, 0.1) is 0 Å². The zero-order valence-electron chi connectivity index (χ0n) is 10.1. The molecule has 0 aliphatic rings. The summed E-state index contributed by atoms with van der Waals surface area (Å²) in [7, 11) is 0. The third-order valence-corrected chi connectivity index (χ3v) is 2.32. The molecule has 0 spiro atoms. The number of carbonyl (C=O) groups is 1. The van der Waals surface area contributed by atoms with Gasteiger partial charge in [-0.2, -0.15) is 26.3 Å². The molecule has 20 heavy (non-hydrogen) atoms. The number of alkyl halides is 6. The van der Waals surface area contributed by atoms with Gasteiger partial charge in [-0.3, -0.25) is 0 Å². The molecule has 0 saturated heterocycles. The van der Waals surface area contributed by atoms with E-state index >= 15 is 0 Å². The summed E-state index contributed by atoms with van der Waals surface area (Å²) in [4.78, 5) is 11.2. The van der Waals surface area contributed by atoms with E-state index in [1.807, 2.05) is 5.32 Å². The van der Waals surface area contributed by atoms with Crippen LogP contribution in [0.15, 0.2) is 24.3 Å². The number of hydrogen-bond acceptors (Lipinski definition) is 1. The number of para-hydroxylation sites is 1. The van der Waals surface area contributed by atoms with E-state index < -0.39 is 24.4 Å². The Morgan fingerprint density at radius 1 is 1.05 bits per heavy atom. The molecule has 0 bridgehead atoms. The number of hydrogen-bond donors (Lipinski definition) is 2. The summed E-state index contributed by atoms with van der Waals surface area (Å²) >= 11 is 0. The molecule has 0 aliphatic carbocycles. The molecule has 2 N–H and O–H groups in total. The Kier molecular flexibility index (Phi) is 4.51. The zero-order valence-corrected chi connectivity index (χ0v) is 10.1. The second-order valence-electron chi connectivity index (χ2n) is 3.93. The number of urea groups is 1. The number of anilines is 1. The molecule has 1 aromatic rings. The second-order valence-corrected chi connectivity index (χ2v) is 3.93. The van der Waals surface area contributed by atoms with Gasteiger partial charge in [0.15, 0.2) is 0 Å². The highest BCUT2D eigenvalue weighted by molar-refractivity contribution is 5.90. The van der Waals surface area contributed by atoms with Crippen molar-refractivity contribution in [1.82, 2.24) is 5.32 Å². The lowest BCUT2D eigenvalue weighted by Gasteiger charge is -2.24. The number of rotatable bonds is 2. The van der Waals surface area contributed by atoms with Crippen LogP contribution in [-0.4, -0.2) is 24.4 Å². The van der Waals surface area contributed by atoms with Crippen LogP contribution in [-0.2, 0) is 0 Å². The number of nitrogens with one attached hydrogen (secondary N) is 2. The number of carbonyl (C=O) groups excluding carboxylic acids is 1. The standard InChI is InChI=1S/C11H10F6N2O/c1-6-4-2-3-5-7(6)18-9(20)19-8(10(12,13)14)11(15,16)17/h2-5,8H,1H3,(H2,18,19,20). The van der Waals surface area contributed by atoms with Gasteiger partial charge >= 0.3 is 18.4 Å². The molecule has 9 heteroatoms. The molecule has 112 valence electrons. The van der Waals surface area contributed by atoms with E-state index in [-0.39, 0.29) is 5.69 Å². The predicted molar refractivity (Wildman–Crippen MR) is 59.2 cm³/mol. The Morgan fingerprint density at radius 2 is 1.55 bits per heavy atom. The van der Waals surface area contributed by atoms with Crippen molar-refractivity contribution in [1.29, 1.82) is 0 Å². The summed E-state index contributed by atoms with van der Waals surface area (Å²) in [5.74, 6) is 0. The quantitative estimate of drug-likeness (QED) is 0.805. The topological polar surface area (TPSA) is 41.1 Å². The highest BCUT2D eigenvalue weighted by Crippen LogP contribution is 2.33.